The van der Waals surface area contributed by atoms with Crippen LogP contribution in [-0.2, 0) is 14.3 Å². The van der Waals surface area contributed by atoms with Crippen LogP contribution in [0, 0.1) is 11.3 Å². The number of amides is 1. The maximum absolute atomic E-state index is 12.1. The molecule has 6 nitrogen and oxygen atoms in total. The molecule has 0 aromatic carbocycles. The molecule has 2 aliphatic rings. The first-order chi connectivity index (χ1) is 8.99. The summed E-state index contributed by atoms with van der Waals surface area (Å²) in [6.45, 7) is 9.79. The van der Waals surface area contributed by atoms with Crippen molar-refractivity contribution in [3.05, 3.63) is 0 Å². The van der Waals surface area contributed by atoms with Crippen LogP contribution >= 0.6 is 0 Å². The Kier molecular flexibility index (Phi) is 3.28. The van der Waals surface area contributed by atoms with Crippen molar-refractivity contribution in [1.82, 2.24) is 4.90 Å². The molecule has 0 saturated carbocycles. The molecule has 1 N–H and O–H groups in total. The molecule has 114 valence electrons. The number of hydrogen-bond donors (Lipinski definition) is 1. The Balaban J connectivity index is 2.22. The molecule has 2 fully saturated rings. The third-order valence-electron chi connectivity index (χ3n) is 4.33. The van der Waals surface area contributed by atoms with Gasteiger partial charge in [0, 0.05) is 19.0 Å². The van der Waals surface area contributed by atoms with E-state index < -0.39 is 28.7 Å². The minimum atomic E-state index is -1.05. The molecular formula is C14H23NO5. The summed E-state index contributed by atoms with van der Waals surface area (Å²) in [6.07, 6.45) is -0.455. The Hall–Kier alpha value is -1.30. The predicted octanol–water partition coefficient (Wildman–Crippen LogP) is 1.73. The molecule has 0 bridgehead atoms. The summed E-state index contributed by atoms with van der Waals surface area (Å²) in [5.74, 6) is -1.10. The number of aliphatic carboxylic acids is 1. The van der Waals surface area contributed by atoms with Crippen LogP contribution in [0.5, 0.6) is 0 Å². The second-order valence-corrected chi connectivity index (χ2v) is 7.16. The monoisotopic (exact) mass is 285 g/mol. The number of ether oxygens (including phenoxy) is 2. The summed E-state index contributed by atoms with van der Waals surface area (Å²) >= 11 is 0. The van der Waals surface area contributed by atoms with Gasteiger partial charge in [0.1, 0.15) is 11.0 Å². The quantitative estimate of drug-likeness (QED) is 0.794. The van der Waals surface area contributed by atoms with Gasteiger partial charge in [0.05, 0.1) is 12.2 Å². The maximum Gasteiger partial charge on any atom is 0.410 e. The number of carbonyl (C=O) groups is 2. The molecular weight excluding hydrogens is 262 g/mol. The highest BCUT2D eigenvalue weighted by Gasteiger charge is 2.66. The van der Waals surface area contributed by atoms with Crippen molar-refractivity contribution >= 4 is 12.1 Å². The van der Waals surface area contributed by atoms with Gasteiger partial charge in [-0.1, -0.05) is 0 Å². The molecule has 2 saturated heterocycles. The fraction of sp³-hybridized carbons (Fsp3) is 0.857. The Bertz CT molecular complexity index is 439. The lowest BCUT2D eigenvalue weighted by Gasteiger charge is -2.35. The minimum absolute atomic E-state index is 0.134. The first-order valence-corrected chi connectivity index (χ1v) is 6.85. The van der Waals surface area contributed by atoms with Gasteiger partial charge in [0.25, 0.3) is 0 Å². The molecule has 20 heavy (non-hydrogen) atoms. The number of fused-ring (bicyclic) bond motifs is 1. The van der Waals surface area contributed by atoms with E-state index in [1.165, 1.54) is 4.90 Å². The maximum atomic E-state index is 12.1. The van der Waals surface area contributed by atoms with E-state index >= 15 is 0 Å². The molecule has 2 heterocycles. The van der Waals surface area contributed by atoms with Crippen molar-refractivity contribution in [2.45, 2.75) is 45.8 Å². The van der Waals surface area contributed by atoms with Crippen LogP contribution in [0.1, 0.15) is 34.6 Å². The molecule has 2 rings (SSSR count). The van der Waals surface area contributed by atoms with E-state index in [1.54, 1.807) is 34.6 Å². The molecule has 2 unspecified atom stereocenters. The highest BCUT2D eigenvalue weighted by molar-refractivity contribution is 5.80. The van der Waals surface area contributed by atoms with E-state index in [1.807, 2.05) is 0 Å². The molecule has 0 aromatic rings. The molecule has 0 spiro atoms. The first-order valence-electron chi connectivity index (χ1n) is 6.85. The standard InChI is InChI=1S/C14H23NO5/c1-12(2,3)20-11(18)15-6-9-7-19-13(4,5)14(9,8-15)10(16)17/h9H,6-8H2,1-5H3,(H,16,17). The van der Waals surface area contributed by atoms with E-state index in [9.17, 15) is 14.7 Å². The molecule has 2 atom stereocenters. The number of hydrogen-bond acceptors (Lipinski definition) is 4. The second-order valence-electron chi connectivity index (χ2n) is 7.16. The lowest BCUT2D eigenvalue weighted by atomic mass is 9.69. The van der Waals surface area contributed by atoms with E-state index in [2.05, 4.69) is 0 Å². The number of carbonyl (C=O) groups excluding carboxylic acids is 1. The zero-order valence-corrected chi connectivity index (χ0v) is 12.7. The van der Waals surface area contributed by atoms with Crippen LogP contribution in [0.15, 0.2) is 0 Å². The minimum Gasteiger partial charge on any atom is -0.481 e. The fourth-order valence-corrected chi connectivity index (χ4v) is 3.20. The number of likely N-dealkylation sites (tertiary alicyclic amines) is 1. The second kappa shape index (κ2) is 4.35. The van der Waals surface area contributed by atoms with Crippen molar-refractivity contribution in [3.63, 3.8) is 0 Å². The van der Waals surface area contributed by atoms with Gasteiger partial charge < -0.3 is 19.5 Å². The van der Waals surface area contributed by atoms with Gasteiger partial charge in [-0.25, -0.2) is 4.79 Å². The number of carboxylic acid groups (broad SMARTS) is 1. The van der Waals surface area contributed by atoms with Crippen molar-refractivity contribution < 1.29 is 24.2 Å². The lowest BCUT2D eigenvalue weighted by Crippen LogP contribution is -2.51. The van der Waals surface area contributed by atoms with Crippen molar-refractivity contribution in [1.29, 1.82) is 0 Å². The first kappa shape index (κ1) is 15.1. The zero-order chi connectivity index (χ0) is 15.3. The van der Waals surface area contributed by atoms with Crippen LogP contribution < -0.4 is 0 Å². The Labute approximate surface area is 119 Å². The van der Waals surface area contributed by atoms with Crippen molar-refractivity contribution in [2.24, 2.45) is 11.3 Å². The summed E-state index contributed by atoms with van der Waals surface area (Å²) in [5.41, 5.74) is -2.43. The smallest absolute Gasteiger partial charge is 0.410 e. The number of carboxylic acids is 1. The van der Waals surface area contributed by atoms with Crippen LogP contribution in [0.4, 0.5) is 4.79 Å². The van der Waals surface area contributed by atoms with Crippen LogP contribution in [0.2, 0.25) is 0 Å². The van der Waals surface area contributed by atoms with Gasteiger partial charge in [-0.15, -0.1) is 0 Å². The van der Waals surface area contributed by atoms with Gasteiger partial charge in [0.15, 0.2) is 0 Å². The summed E-state index contributed by atoms with van der Waals surface area (Å²) in [5, 5.41) is 9.68. The number of rotatable bonds is 1. The lowest BCUT2D eigenvalue weighted by molar-refractivity contribution is -0.159. The Morgan fingerprint density at radius 2 is 1.95 bits per heavy atom. The predicted molar refractivity (Wildman–Crippen MR) is 71.4 cm³/mol. The highest BCUT2D eigenvalue weighted by atomic mass is 16.6. The van der Waals surface area contributed by atoms with Gasteiger partial charge in [-0.3, -0.25) is 4.79 Å². The van der Waals surface area contributed by atoms with Gasteiger partial charge >= 0.3 is 12.1 Å². The third-order valence-corrected chi connectivity index (χ3v) is 4.33. The Morgan fingerprint density at radius 1 is 1.35 bits per heavy atom. The van der Waals surface area contributed by atoms with Crippen LogP contribution in [0.25, 0.3) is 0 Å². The van der Waals surface area contributed by atoms with E-state index in [-0.39, 0.29) is 12.5 Å². The summed E-state index contributed by atoms with van der Waals surface area (Å²) in [6, 6.07) is 0. The summed E-state index contributed by atoms with van der Waals surface area (Å²) in [4.78, 5) is 25.4. The molecule has 6 heteroatoms. The molecule has 0 aliphatic carbocycles. The van der Waals surface area contributed by atoms with Gasteiger partial charge in [-0.05, 0) is 34.6 Å². The van der Waals surface area contributed by atoms with Crippen molar-refractivity contribution in [2.75, 3.05) is 19.7 Å². The van der Waals surface area contributed by atoms with Crippen molar-refractivity contribution in [3.8, 4) is 0 Å². The van der Waals surface area contributed by atoms with E-state index in [4.69, 9.17) is 9.47 Å². The van der Waals surface area contributed by atoms with Gasteiger partial charge in [0.2, 0.25) is 0 Å². The summed E-state index contributed by atoms with van der Waals surface area (Å²) in [7, 11) is 0. The highest BCUT2D eigenvalue weighted by Crippen LogP contribution is 2.52. The fourth-order valence-electron chi connectivity index (χ4n) is 3.20. The van der Waals surface area contributed by atoms with Gasteiger partial charge in [-0.2, -0.15) is 0 Å². The average molecular weight is 285 g/mol. The van der Waals surface area contributed by atoms with Crippen LogP contribution in [0.3, 0.4) is 0 Å². The molecule has 1 amide bonds. The largest absolute Gasteiger partial charge is 0.481 e. The summed E-state index contributed by atoms with van der Waals surface area (Å²) < 4.78 is 11.0. The molecule has 2 aliphatic heterocycles. The molecule has 0 radical (unpaired) electrons. The third kappa shape index (κ3) is 2.16. The number of nitrogens with zero attached hydrogens (tertiary/aromatic N) is 1. The van der Waals surface area contributed by atoms with E-state index in [0.717, 1.165) is 0 Å². The topological polar surface area (TPSA) is 76.1 Å². The molecule has 0 aromatic heterocycles. The van der Waals surface area contributed by atoms with Crippen LogP contribution in [-0.4, -0.2) is 53.0 Å². The SMILES string of the molecule is CC(C)(C)OC(=O)N1CC2COC(C)(C)C2(C(=O)O)C1. The average Bonchev–Trinajstić information content (AvgIpc) is 2.74. The normalized spacial score (nSPS) is 32.0. The zero-order valence-electron chi connectivity index (χ0n) is 12.7. The Morgan fingerprint density at radius 3 is 2.40 bits per heavy atom. The van der Waals surface area contributed by atoms with E-state index in [0.29, 0.717) is 13.2 Å².